The Morgan fingerprint density at radius 3 is 2.68 bits per heavy atom. The van der Waals surface area contributed by atoms with Gasteiger partial charge in [-0.3, -0.25) is 0 Å². The second kappa shape index (κ2) is 5.98. The van der Waals surface area contributed by atoms with Crippen LogP contribution < -0.4 is 5.32 Å². The van der Waals surface area contributed by atoms with Crippen molar-refractivity contribution in [3.63, 3.8) is 0 Å². The van der Waals surface area contributed by atoms with E-state index in [-0.39, 0.29) is 16.9 Å². The quantitative estimate of drug-likeness (QED) is 0.839. The van der Waals surface area contributed by atoms with Crippen molar-refractivity contribution >= 4 is 23.2 Å². The minimum Gasteiger partial charge on any atom is -0.381 e. The number of hydrogen-bond acceptors (Lipinski definition) is 2. The maximum absolute atomic E-state index is 6.28. The van der Waals surface area contributed by atoms with Crippen LogP contribution in [-0.4, -0.2) is 26.3 Å². The van der Waals surface area contributed by atoms with Gasteiger partial charge in [0.25, 0.3) is 0 Å². The summed E-state index contributed by atoms with van der Waals surface area (Å²) in [6, 6.07) is 6.16. The number of piperidine rings is 1. The predicted octanol–water partition coefficient (Wildman–Crippen LogP) is 4.68. The van der Waals surface area contributed by atoms with E-state index >= 15 is 0 Å². The fraction of sp³-hybridized carbons (Fsp3) is 0.667. The average molecular weight is 342 g/mol. The molecule has 0 amide bonds. The third-order valence-electron chi connectivity index (χ3n) is 5.67. The van der Waals surface area contributed by atoms with Gasteiger partial charge in [-0.25, -0.2) is 0 Å². The Morgan fingerprint density at radius 2 is 2.05 bits per heavy atom. The third kappa shape index (κ3) is 2.49. The van der Waals surface area contributed by atoms with Gasteiger partial charge in [0, 0.05) is 24.5 Å². The zero-order valence-electron chi connectivity index (χ0n) is 13.6. The molecule has 0 bridgehead atoms. The van der Waals surface area contributed by atoms with E-state index in [0.717, 1.165) is 25.9 Å². The van der Waals surface area contributed by atoms with Gasteiger partial charge in [0.1, 0.15) is 0 Å². The van der Waals surface area contributed by atoms with Crippen LogP contribution in [0.25, 0.3) is 0 Å². The molecule has 1 N–H and O–H groups in total. The van der Waals surface area contributed by atoms with Crippen molar-refractivity contribution in [2.24, 2.45) is 11.3 Å². The van der Waals surface area contributed by atoms with Crippen LogP contribution in [0.3, 0.4) is 0 Å². The van der Waals surface area contributed by atoms with Gasteiger partial charge in [-0.15, -0.1) is 0 Å². The Hall–Kier alpha value is -0.280. The molecular weight excluding hydrogens is 317 g/mol. The summed E-state index contributed by atoms with van der Waals surface area (Å²) in [7, 11) is 1.86. The first-order valence-electron chi connectivity index (χ1n) is 8.14. The smallest absolute Gasteiger partial charge is 0.0651 e. The molecule has 0 aromatic heterocycles. The van der Waals surface area contributed by atoms with E-state index in [4.69, 9.17) is 27.9 Å². The van der Waals surface area contributed by atoms with Gasteiger partial charge in [0.2, 0.25) is 0 Å². The highest BCUT2D eigenvalue weighted by molar-refractivity contribution is 6.42. The molecule has 4 heteroatoms. The topological polar surface area (TPSA) is 21.3 Å². The molecule has 122 valence electrons. The standard InChI is InChI=1S/C18H25Cl2NO/c1-12(2)8-16(22-3)18-10-17(18,6-7-21-11-18)13-4-5-14(19)15(20)9-13/h4-5,9,12,16,21H,6-8,10-11H2,1-3H3/t16-,17+,18?/m0/s1. The number of fused-ring (bicyclic) bond motifs is 1. The molecule has 1 saturated heterocycles. The fourth-order valence-electron chi connectivity index (χ4n) is 4.52. The first kappa shape index (κ1) is 16.6. The van der Waals surface area contributed by atoms with E-state index in [1.165, 1.54) is 12.0 Å². The Morgan fingerprint density at radius 1 is 1.27 bits per heavy atom. The van der Waals surface area contributed by atoms with Gasteiger partial charge in [-0.1, -0.05) is 43.1 Å². The van der Waals surface area contributed by atoms with Crippen molar-refractivity contribution in [2.75, 3.05) is 20.2 Å². The predicted molar refractivity (Wildman–Crippen MR) is 92.9 cm³/mol. The second-order valence-corrected chi connectivity index (χ2v) is 8.14. The Bertz CT molecular complexity index is 562. The van der Waals surface area contributed by atoms with E-state index in [1.54, 1.807) is 0 Å². The minimum atomic E-state index is 0.196. The highest BCUT2D eigenvalue weighted by atomic mass is 35.5. The first-order valence-corrected chi connectivity index (χ1v) is 8.90. The molecule has 1 aliphatic carbocycles. The van der Waals surface area contributed by atoms with Gasteiger partial charge in [-0.2, -0.15) is 0 Å². The number of rotatable bonds is 5. The van der Waals surface area contributed by atoms with Crippen molar-refractivity contribution in [1.29, 1.82) is 0 Å². The minimum absolute atomic E-state index is 0.196. The molecule has 0 radical (unpaired) electrons. The second-order valence-electron chi connectivity index (χ2n) is 7.32. The summed E-state index contributed by atoms with van der Waals surface area (Å²) in [5.41, 5.74) is 1.72. The number of ether oxygens (including phenoxy) is 1. The van der Waals surface area contributed by atoms with Gasteiger partial charge in [-0.05, 0) is 49.4 Å². The summed E-state index contributed by atoms with van der Waals surface area (Å²) < 4.78 is 5.95. The van der Waals surface area contributed by atoms with Crippen LogP contribution in [0.2, 0.25) is 10.0 Å². The lowest BCUT2D eigenvalue weighted by Crippen LogP contribution is -2.45. The van der Waals surface area contributed by atoms with Gasteiger partial charge < -0.3 is 10.1 Å². The maximum Gasteiger partial charge on any atom is 0.0651 e. The molecule has 3 rings (SSSR count). The summed E-state index contributed by atoms with van der Waals surface area (Å²) in [4.78, 5) is 0. The Balaban J connectivity index is 1.96. The molecule has 1 unspecified atom stereocenters. The summed E-state index contributed by atoms with van der Waals surface area (Å²) in [5, 5.41) is 4.88. The molecule has 2 aliphatic rings. The zero-order valence-corrected chi connectivity index (χ0v) is 15.1. The number of halogens is 2. The number of hydrogen-bond donors (Lipinski definition) is 1. The van der Waals surface area contributed by atoms with E-state index in [0.29, 0.717) is 16.0 Å². The molecule has 1 aromatic carbocycles. The molecule has 1 saturated carbocycles. The molecule has 1 aromatic rings. The van der Waals surface area contributed by atoms with Crippen molar-refractivity contribution in [3.8, 4) is 0 Å². The molecule has 22 heavy (non-hydrogen) atoms. The average Bonchev–Trinajstić information content (AvgIpc) is 3.19. The Kier molecular flexibility index (Phi) is 4.50. The van der Waals surface area contributed by atoms with Crippen molar-refractivity contribution < 1.29 is 4.74 Å². The van der Waals surface area contributed by atoms with E-state index in [9.17, 15) is 0 Å². The van der Waals surface area contributed by atoms with Gasteiger partial charge >= 0.3 is 0 Å². The highest BCUT2D eigenvalue weighted by Crippen LogP contribution is 2.70. The molecule has 1 aliphatic heterocycles. The zero-order chi connectivity index (χ0) is 16.0. The number of nitrogens with one attached hydrogen (secondary N) is 1. The van der Waals surface area contributed by atoms with E-state index in [2.05, 4.69) is 31.3 Å². The summed E-state index contributed by atoms with van der Waals surface area (Å²) >= 11 is 12.4. The van der Waals surface area contributed by atoms with Crippen LogP contribution in [0.5, 0.6) is 0 Å². The molecule has 1 heterocycles. The normalized spacial score (nSPS) is 31.9. The monoisotopic (exact) mass is 341 g/mol. The van der Waals surface area contributed by atoms with Crippen LogP contribution >= 0.6 is 23.2 Å². The van der Waals surface area contributed by atoms with Crippen LogP contribution in [0, 0.1) is 11.3 Å². The maximum atomic E-state index is 6.28. The van der Waals surface area contributed by atoms with Crippen molar-refractivity contribution in [3.05, 3.63) is 33.8 Å². The van der Waals surface area contributed by atoms with E-state index in [1.807, 2.05) is 13.2 Å². The van der Waals surface area contributed by atoms with Crippen molar-refractivity contribution in [2.45, 2.75) is 44.6 Å². The van der Waals surface area contributed by atoms with Crippen LogP contribution in [0.4, 0.5) is 0 Å². The SMILES string of the molecule is CO[C@@H](CC(C)C)C12CNCC[C@]1(c1ccc(Cl)c(Cl)c1)C2. The number of methoxy groups -OCH3 is 1. The molecule has 0 spiro atoms. The van der Waals surface area contributed by atoms with Crippen LogP contribution in [0.15, 0.2) is 18.2 Å². The molecule has 2 fully saturated rings. The number of benzene rings is 1. The van der Waals surface area contributed by atoms with Gasteiger partial charge in [0.15, 0.2) is 0 Å². The van der Waals surface area contributed by atoms with Crippen LogP contribution in [0.1, 0.15) is 38.7 Å². The summed E-state index contributed by atoms with van der Waals surface area (Å²) in [5.74, 6) is 0.633. The molecule has 3 atom stereocenters. The lowest BCUT2D eigenvalue weighted by molar-refractivity contribution is 0.00725. The fourth-order valence-corrected chi connectivity index (χ4v) is 4.81. The van der Waals surface area contributed by atoms with Crippen molar-refractivity contribution in [1.82, 2.24) is 5.32 Å². The summed E-state index contributed by atoms with van der Waals surface area (Å²) in [6.07, 6.45) is 3.70. The molecular formula is C18H25Cl2NO. The van der Waals surface area contributed by atoms with Crippen LogP contribution in [-0.2, 0) is 10.2 Å². The first-order chi connectivity index (χ1) is 10.4. The highest BCUT2D eigenvalue weighted by Gasteiger charge is 2.71. The van der Waals surface area contributed by atoms with E-state index < -0.39 is 0 Å². The summed E-state index contributed by atoms with van der Waals surface area (Å²) in [6.45, 7) is 6.61. The molecule has 2 nitrogen and oxygen atoms in total. The lowest BCUT2D eigenvalue weighted by Gasteiger charge is -2.37. The third-order valence-corrected chi connectivity index (χ3v) is 6.41. The largest absolute Gasteiger partial charge is 0.381 e. The van der Waals surface area contributed by atoms with Gasteiger partial charge in [0.05, 0.1) is 16.1 Å². The Labute approximate surface area is 143 Å². The lowest BCUT2D eigenvalue weighted by atomic mass is 9.76.